The maximum absolute atomic E-state index is 9.32. The first-order valence-corrected chi connectivity index (χ1v) is 6.82. The van der Waals surface area contributed by atoms with E-state index in [2.05, 4.69) is 19.2 Å². The molecule has 4 nitrogen and oxygen atoms in total. The monoisotopic (exact) mass is 287 g/mol. The van der Waals surface area contributed by atoms with E-state index in [0.29, 0.717) is 23.2 Å². The van der Waals surface area contributed by atoms with Crippen LogP contribution in [-0.4, -0.2) is 36.1 Å². The second kappa shape index (κ2) is 8.38. The fourth-order valence-corrected chi connectivity index (χ4v) is 1.83. The van der Waals surface area contributed by atoms with Crippen molar-refractivity contribution in [2.45, 2.75) is 26.5 Å². The first-order chi connectivity index (χ1) is 9.04. The Labute approximate surface area is 119 Å². The molecule has 0 amide bonds. The molecule has 0 fully saturated rings. The molecule has 0 aromatic heterocycles. The Bertz CT molecular complexity index is 385. The molecule has 0 aliphatic carbocycles. The van der Waals surface area contributed by atoms with Gasteiger partial charge in [0.25, 0.3) is 0 Å². The number of aliphatic hydroxyl groups excluding tert-OH is 2. The van der Waals surface area contributed by atoms with Crippen molar-refractivity contribution in [1.29, 1.82) is 0 Å². The van der Waals surface area contributed by atoms with Crippen LogP contribution in [0.25, 0.3) is 0 Å². The summed E-state index contributed by atoms with van der Waals surface area (Å²) < 4.78 is 5.50. The smallest absolute Gasteiger partial charge is 0.142 e. The molecule has 5 heteroatoms. The molecule has 3 N–H and O–H groups in total. The molecular formula is C14H22ClNO3. The molecule has 1 aromatic rings. The number of nitrogens with one attached hydrogen (secondary N) is 1. The summed E-state index contributed by atoms with van der Waals surface area (Å²) in [6, 6.07) is 5.54. The van der Waals surface area contributed by atoms with Gasteiger partial charge in [0.2, 0.25) is 0 Å². The number of rotatable bonds is 8. The third kappa shape index (κ3) is 5.78. The van der Waals surface area contributed by atoms with Gasteiger partial charge in [-0.05, 0) is 18.5 Å². The van der Waals surface area contributed by atoms with E-state index in [4.69, 9.17) is 21.4 Å². The van der Waals surface area contributed by atoms with E-state index < -0.39 is 6.10 Å². The highest BCUT2D eigenvalue weighted by atomic mass is 35.5. The summed E-state index contributed by atoms with van der Waals surface area (Å²) in [4.78, 5) is 0. The molecule has 1 rings (SSSR count). The Morgan fingerprint density at radius 1 is 1.37 bits per heavy atom. The quantitative estimate of drug-likeness (QED) is 0.682. The van der Waals surface area contributed by atoms with E-state index in [1.54, 1.807) is 6.07 Å². The number of halogens is 1. The summed E-state index contributed by atoms with van der Waals surface area (Å²) in [6.07, 6.45) is -0.896. The van der Waals surface area contributed by atoms with Gasteiger partial charge < -0.3 is 20.3 Å². The van der Waals surface area contributed by atoms with Gasteiger partial charge in [0.15, 0.2) is 0 Å². The van der Waals surface area contributed by atoms with E-state index in [1.807, 2.05) is 12.1 Å². The number of hydrogen-bond donors (Lipinski definition) is 3. The fourth-order valence-electron chi connectivity index (χ4n) is 1.58. The second-order valence-corrected chi connectivity index (χ2v) is 5.31. The zero-order valence-corrected chi connectivity index (χ0v) is 12.2. The van der Waals surface area contributed by atoms with Crippen LogP contribution in [0.1, 0.15) is 19.4 Å². The molecule has 108 valence electrons. The van der Waals surface area contributed by atoms with Crippen molar-refractivity contribution in [3.63, 3.8) is 0 Å². The molecule has 0 radical (unpaired) electrons. The standard InChI is InChI=1S/C14H22ClNO3/c1-10(2)6-16-7-11-4-3-5-13(15)14(11)19-9-12(18)8-17/h3-5,10,12,16-18H,6-9H2,1-2H3. The SMILES string of the molecule is CC(C)CNCc1cccc(Cl)c1OCC(O)CO. The number of ether oxygens (including phenoxy) is 1. The average molecular weight is 288 g/mol. The van der Waals surface area contributed by atoms with Crippen molar-refractivity contribution < 1.29 is 14.9 Å². The summed E-state index contributed by atoms with van der Waals surface area (Å²) in [5.74, 6) is 1.13. The van der Waals surface area contributed by atoms with E-state index in [-0.39, 0.29) is 13.2 Å². The molecule has 0 saturated carbocycles. The van der Waals surface area contributed by atoms with Crippen LogP contribution in [0.15, 0.2) is 18.2 Å². The van der Waals surface area contributed by atoms with Gasteiger partial charge in [0, 0.05) is 12.1 Å². The Kier molecular flexibility index (Phi) is 7.16. The molecule has 0 spiro atoms. The number of benzene rings is 1. The highest BCUT2D eigenvalue weighted by Gasteiger charge is 2.11. The Balaban J connectivity index is 2.66. The minimum atomic E-state index is -0.896. The van der Waals surface area contributed by atoms with Crippen LogP contribution in [-0.2, 0) is 6.54 Å². The van der Waals surface area contributed by atoms with Gasteiger partial charge in [-0.3, -0.25) is 0 Å². The molecule has 1 unspecified atom stereocenters. The van der Waals surface area contributed by atoms with E-state index >= 15 is 0 Å². The minimum Gasteiger partial charge on any atom is -0.489 e. The zero-order valence-electron chi connectivity index (χ0n) is 11.4. The first-order valence-electron chi connectivity index (χ1n) is 6.44. The van der Waals surface area contributed by atoms with Crippen LogP contribution < -0.4 is 10.1 Å². The van der Waals surface area contributed by atoms with Crippen LogP contribution in [0.4, 0.5) is 0 Å². The van der Waals surface area contributed by atoms with Gasteiger partial charge in [-0.15, -0.1) is 0 Å². The molecule has 1 atom stereocenters. The molecule has 0 heterocycles. The fraction of sp³-hybridized carbons (Fsp3) is 0.571. The van der Waals surface area contributed by atoms with Gasteiger partial charge >= 0.3 is 0 Å². The lowest BCUT2D eigenvalue weighted by molar-refractivity contribution is 0.0533. The molecule has 1 aromatic carbocycles. The Morgan fingerprint density at radius 3 is 2.74 bits per heavy atom. The topological polar surface area (TPSA) is 61.7 Å². The third-order valence-corrected chi connectivity index (χ3v) is 2.85. The number of para-hydroxylation sites is 1. The number of hydrogen-bond acceptors (Lipinski definition) is 4. The van der Waals surface area contributed by atoms with E-state index in [9.17, 15) is 5.11 Å². The van der Waals surface area contributed by atoms with Crippen LogP contribution in [0.2, 0.25) is 5.02 Å². The van der Waals surface area contributed by atoms with Gasteiger partial charge in [0.1, 0.15) is 18.5 Å². The highest BCUT2D eigenvalue weighted by Crippen LogP contribution is 2.28. The summed E-state index contributed by atoms with van der Waals surface area (Å²) >= 11 is 6.10. The summed E-state index contributed by atoms with van der Waals surface area (Å²) in [6.45, 7) is 5.54. The Morgan fingerprint density at radius 2 is 2.11 bits per heavy atom. The highest BCUT2D eigenvalue weighted by molar-refractivity contribution is 6.32. The van der Waals surface area contributed by atoms with Crippen molar-refractivity contribution in [2.24, 2.45) is 5.92 Å². The van der Waals surface area contributed by atoms with Crippen molar-refractivity contribution in [1.82, 2.24) is 5.32 Å². The van der Waals surface area contributed by atoms with Crippen LogP contribution in [0.3, 0.4) is 0 Å². The largest absolute Gasteiger partial charge is 0.489 e. The molecule has 0 aliphatic rings. The Hall–Kier alpha value is -0.810. The summed E-state index contributed by atoms with van der Waals surface area (Å²) in [7, 11) is 0. The maximum atomic E-state index is 9.32. The predicted octanol–water partition coefficient (Wildman–Crippen LogP) is 1.82. The van der Waals surface area contributed by atoms with E-state index in [1.165, 1.54) is 0 Å². The molecular weight excluding hydrogens is 266 g/mol. The lowest BCUT2D eigenvalue weighted by Crippen LogP contribution is -2.23. The lowest BCUT2D eigenvalue weighted by atomic mass is 10.1. The zero-order chi connectivity index (χ0) is 14.3. The van der Waals surface area contributed by atoms with Gasteiger partial charge in [0.05, 0.1) is 11.6 Å². The van der Waals surface area contributed by atoms with Crippen molar-refractivity contribution in [3.05, 3.63) is 28.8 Å². The lowest BCUT2D eigenvalue weighted by Gasteiger charge is -2.16. The molecule has 0 aliphatic heterocycles. The van der Waals surface area contributed by atoms with E-state index in [0.717, 1.165) is 12.1 Å². The first kappa shape index (κ1) is 16.2. The van der Waals surface area contributed by atoms with Crippen molar-refractivity contribution in [3.8, 4) is 5.75 Å². The van der Waals surface area contributed by atoms with Gasteiger partial charge in [-0.2, -0.15) is 0 Å². The molecule has 0 bridgehead atoms. The normalized spacial score (nSPS) is 12.7. The van der Waals surface area contributed by atoms with Gasteiger partial charge in [-0.1, -0.05) is 37.6 Å². The molecule has 0 saturated heterocycles. The molecule has 19 heavy (non-hydrogen) atoms. The minimum absolute atomic E-state index is 0.0252. The maximum Gasteiger partial charge on any atom is 0.142 e. The summed E-state index contributed by atoms with van der Waals surface area (Å²) in [5, 5.41) is 21.9. The second-order valence-electron chi connectivity index (χ2n) is 4.90. The predicted molar refractivity (Wildman–Crippen MR) is 76.6 cm³/mol. The number of aliphatic hydroxyl groups is 2. The average Bonchev–Trinajstić information content (AvgIpc) is 2.37. The summed E-state index contributed by atoms with van der Waals surface area (Å²) in [5.41, 5.74) is 0.943. The van der Waals surface area contributed by atoms with Crippen molar-refractivity contribution >= 4 is 11.6 Å². The van der Waals surface area contributed by atoms with Crippen LogP contribution >= 0.6 is 11.6 Å². The van der Waals surface area contributed by atoms with Crippen LogP contribution in [0.5, 0.6) is 5.75 Å². The third-order valence-electron chi connectivity index (χ3n) is 2.55. The van der Waals surface area contributed by atoms with Crippen molar-refractivity contribution in [2.75, 3.05) is 19.8 Å². The van der Waals surface area contributed by atoms with Gasteiger partial charge in [-0.25, -0.2) is 0 Å². The van der Waals surface area contributed by atoms with Crippen LogP contribution in [0, 0.1) is 5.92 Å².